The third-order valence-corrected chi connectivity index (χ3v) is 4.41. The molecule has 1 atom stereocenters. The maximum absolute atomic E-state index is 11.7. The molecule has 0 spiro atoms. The smallest absolute Gasteiger partial charge is 0.317 e. The van der Waals surface area contributed by atoms with Crippen LogP contribution in [0.1, 0.15) is 77.6 Å². The summed E-state index contributed by atoms with van der Waals surface area (Å²) in [7, 11) is 0. The van der Waals surface area contributed by atoms with Crippen LogP contribution in [0.3, 0.4) is 0 Å². The zero-order valence-corrected chi connectivity index (χ0v) is 13.8. The van der Waals surface area contributed by atoms with Crippen molar-refractivity contribution in [2.75, 3.05) is 19.7 Å². The minimum Gasteiger partial charge on any atom is -0.396 e. The van der Waals surface area contributed by atoms with E-state index >= 15 is 0 Å². The molecule has 0 saturated carbocycles. The molecule has 0 aromatic heterocycles. The van der Waals surface area contributed by atoms with E-state index in [2.05, 4.69) is 12.2 Å². The molecule has 2 N–H and O–H groups in total. The van der Waals surface area contributed by atoms with Crippen LogP contribution >= 0.6 is 0 Å². The van der Waals surface area contributed by atoms with Crippen molar-refractivity contribution in [2.24, 2.45) is 0 Å². The zero-order chi connectivity index (χ0) is 15.3. The Labute approximate surface area is 130 Å². The van der Waals surface area contributed by atoms with Gasteiger partial charge in [-0.25, -0.2) is 4.79 Å². The van der Waals surface area contributed by atoms with Crippen molar-refractivity contribution in [3.05, 3.63) is 0 Å². The Balaban J connectivity index is 1.94. The molecular weight excluding hydrogens is 264 g/mol. The molecule has 0 aliphatic carbocycles. The van der Waals surface area contributed by atoms with Crippen molar-refractivity contribution in [3.8, 4) is 0 Å². The molecule has 1 aliphatic rings. The van der Waals surface area contributed by atoms with E-state index in [1.54, 1.807) is 0 Å². The van der Waals surface area contributed by atoms with Crippen molar-refractivity contribution in [3.63, 3.8) is 0 Å². The minimum atomic E-state index is 0.0457. The second-order valence-corrected chi connectivity index (χ2v) is 6.23. The molecule has 1 heterocycles. The van der Waals surface area contributed by atoms with Gasteiger partial charge in [0.15, 0.2) is 0 Å². The first kappa shape index (κ1) is 18.3. The van der Waals surface area contributed by atoms with Gasteiger partial charge in [-0.15, -0.1) is 0 Å². The lowest BCUT2D eigenvalue weighted by Crippen LogP contribution is -2.35. The third-order valence-electron chi connectivity index (χ3n) is 4.41. The molecule has 124 valence electrons. The summed E-state index contributed by atoms with van der Waals surface area (Å²) < 4.78 is 0. The highest BCUT2D eigenvalue weighted by atomic mass is 16.3. The standard InChI is InChI=1S/C17H34N2O2/c1-2-3-4-5-6-7-8-9-10-11-13-19-16(12-14-20)15-18-17(19)21/h16,20H,2-15H2,1H3,(H,18,21). The van der Waals surface area contributed by atoms with E-state index in [0.717, 1.165) is 13.0 Å². The average molecular weight is 298 g/mol. The van der Waals surface area contributed by atoms with Crippen LogP contribution in [-0.4, -0.2) is 41.8 Å². The van der Waals surface area contributed by atoms with Crippen LogP contribution in [0.25, 0.3) is 0 Å². The van der Waals surface area contributed by atoms with E-state index < -0.39 is 0 Å². The number of unbranched alkanes of at least 4 members (excludes halogenated alkanes) is 9. The summed E-state index contributed by atoms with van der Waals surface area (Å²) >= 11 is 0. The Kier molecular flexibility index (Phi) is 10.3. The molecule has 0 aromatic carbocycles. The number of hydrogen-bond acceptors (Lipinski definition) is 2. The van der Waals surface area contributed by atoms with Gasteiger partial charge in [0.1, 0.15) is 0 Å². The summed E-state index contributed by atoms with van der Waals surface area (Å²) in [6.07, 6.45) is 13.8. The SMILES string of the molecule is CCCCCCCCCCCCN1C(=O)NCC1CCO. The van der Waals surface area contributed by atoms with Crippen molar-refractivity contribution in [1.29, 1.82) is 0 Å². The first-order valence-electron chi connectivity index (χ1n) is 8.95. The van der Waals surface area contributed by atoms with Gasteiger partial charge in [-0.05, 0) is 12.8 Å². The number of amides is 2. The van der Waals surface area contributed by atoms with Gasteiger partial charge in [-0.2, -0.15) is 0 Å². The van der Waals surface area contributed by atoms with Gasteiger partial charge in [0.25, 0.3) is 0 Å². The molecular formula is C17H34N2O2. The van der Waals surface area contributed by atoms with Crippen molar-refractivity contribution < 1.29 is 9.90 Å². The Morgan fingerprint density at radius 3 is 2.19 bits per heavy atom. The number of nitrogens with zero attached hydrogens (tertiary/aromatic N) is 1. The van der Waals surface area contributed by atoms with Crippen LogP contribution < -0.4 is 5.32 Å². The number of rotatable bonds is 13. The Hall–Kier alpha value is -0.770. The number of aliphatic hydroxyl groups excluding tert-OH is 1. The van der Waals surface area contributed by atoms with Gasteiger partial charge in [0.05, 0.1) is 6.04 Å². The van der Waals surface area contributed by atoms with E-state index in [4.69, 9.17) is 5.11 Å². The summed E-state index contributed by atoms with van der Waals surface area (Å²) in [4.78, 5) is 13.6. The molecule has 21 heavy (non-hydrogen) atoms. The number of carbonyl (C=O) groups excluding carboxylic acids is 1. The third kappa shape index (κ3) is 7.70. The highest BCUT2D eigenvalue weighted by Gasteiger charge is 2.29. The fraction of sp³-hybridized carbons (Fsp3) is 0.941. The lowest BCUT2D eigenvalue weighted by molar-refractivity contribution is 0.186. The second kappa shape index (κ2) is 11.8. The van der Waals surface area contributed by atoms with Crippen LogP contribution in [0, 0.1) is 0 Å². The normalized spacial score (nSPS) is 18.3. The van der Waals surface area contributed by atoms with E-state index in [-0.39, 0.29) is 18.7 Å². The van der Waals surface area contributed by atoms with Gasteiger partial charge in [-0.3, -0.25) is 0 Å². The first-order valence-corrected chi connectivity index (χ1v) is 8.95. The molecule has 4 heteroatoms. The fourth-order valence-corrected chi connectivity index (χ4v) is 3.04. The molecule has 0 bridgehead atoms. The number of urea groups is 1. The summed E-state index contributed by atoms with van der Waals surface area (Å²) in [6, 6.07) is 0.241. The lowest BCUT2D eigenvalue weighted by atomic mass is 10.1. The van der Waals surface area contributed by atoms with Crippen LogP contribution in [-0.2, 0) is 0 Å². The molecule has 1 aliphatic heterocycles. The molecule has 1 fully saturated rings. The van der Waals surface area contributed by atoms with Crippen LogP contribution in [0.5, 0.6) is 0 Å². The van der Waals surface area contributed by atoms with Gasteiger partial charge in [0.2, 0.25) is 0 Å². The molecule has 2 amide bonds. The quantitative estimate of drug-likeness (QED) is 0.510. The molecule has 1 saturated heterocycles. The maximum Gasteiger partial charge on any atom is 0.317 e. The molecule has 1 unspecified atom stereocenters. The lowest BCUT2D eigenvalue weighted by Gasteiger charge is -2.22. The largest absolute Gasteiger partial charge is 0.396 e. The molecule has 0 radical (unpaired) electrons. The highest BCUT2D eigenvalue weighted by Crippen LogP contribution is 2.14. The van der Waals surface area contributed by atoms with E-state index in [0.29, 0.717) is 13.0 Å². The average Bonchev–Trinajstić information content (AvgIpc) is 2.82. The van der Waals surface area contributed by atoms with Gasteiger partial charge < -0.3 is 15.3 Å². The number of nitrogens with one attached hydrogen (secondary N) is 1. The topological polar surface area (TPSA) is 52.6 Å². The fourth-order valence-electron chi connectivity index (χ4n) is 3.04. The highest BCUT2D eigenvalue weighted by molar-refractivity contribution is 5.76. The number of hydrogen-bond donors (Lipinski definition) is 2. The Morgan fingerprint density at radius 1 is 1.05 bits per heavy atom. The summed E-state index contributed by atoms with van der Waals surface area (Å²) in [5, 5.41) is 11.9. The zero-order valence-electron chi connectivity index (χ0n) is 13.8. The van der Waals surface area contributed by atoms with E-state index in [1.807, 2.05) is 4.90 Å². The summed E-state index contributed by atoms with van der Waals surface area (Å²) in [6.45, 7) is 3.95. The summed E-state index contributed by atoms with van der Waals surface area (Å²) in [5.74, 6) is 0. The minimum absolute atomic E-state index is 0.0457. The van der Waals surface area contributed by atoms with Crippen LogP contribution in [0.15, 0.2) is 0 Å². The van der Waals surface area contributed by atoms with Crippen molar-refractivity contribution in [2.45, 2.75) is 83.6 Å². The Bertz CT molecular complexity index is 272. The van der Waals surface area contributed by atoms with Crippen LogP contribution in [0.2, 0.25) is 0 Å². The monoisotopic (exact) mass is 298 g/mol. The Morgan fingerprint density at radius 2 is 1.62 bits per heavy atom. The van der Waals surface area contributed by atoms with Crippen LogP contribution in [0.4, 0.5) is 4.79 Å². The number of carbonyl (C=O) groups is 1. The maximum atomic E-state index is 11.7. The van der Waals surface area contributed by atoms with E-state index in [9.17, 15) is 4.79 Å². The molecule has 1 rings (SSSR count). The van der Waals surface area contributed by atoms with E-state index in [1.165, 1.54) is 57.8 Å². The van der Waals surface area contributed by atoms with Gasteiger partial charge >= 0.3 is 6.03 Å². The predicted molar refractivity (Wildman–Crippen MR) is 87.4 cm³/mol. The van der Waals surface area contributed by atoms with Crippen molar-refractivity contribution in [1.82, 2.24) is 10.2 Å². The van der Waals surface area contributed by atoms with Gasteiger partial charge in [-0.1, -0.05) is 64.7 Å². The van der Waals surface area contributed by atoms with Crippen molar-refractivity contribution >= 4 is 6.03 Å². The second-order valence-electron chi connectivity index (χ2n) is 6.23. The number of aliphatic hydroxyl groups is 1. The summed E-state index contributed by atoms with van der Waals surface area (Å²) in [5.41, 5.74) is 0. The molecule has 4 nitrogen and oxygen atoms in total. The predicted octanol–water partition coefficient (Wildman–Crippen LogP) is 3.68. The molecule has 0 aromatic rings. The van der Waals surface area contributed by atoms with Gasteiger partial charge in [0, 0.05) is 19.7 Å². The first-order chi connectivity index (χ1) is 10.3.